The Hall–Kier alpha value is -2.97. The fourth-order valence-electron chi connectivity index (χ4n) is 3.11. The average Bonchev–Trinajstić information content (AvgIpc) is 3.04. The maximum absolute atomic E-state index is 12.2. The van der Waals surface area contributed by atoms with E-state index in [2.05, 4.69) is 34.8 Å². The topological polar surface area (TPSA) is 96.4 Å². The summed E-state index contributed by atoms with van der Waals surface area (Å²) in [5.74, 6) is 0.285. The van der Waals surface area contributed by atoms with Gasteiger partial charge in [-0.25, -0.2) is 0 Å². The molecule has 2 aromatic carbocycles. The van der Waals surface area contributed by atoms with Gasteiger partial charge in [0.25, 0.3) is 5.91 Å². The minimum Gasteiger partial charge on any atom is -0.548 e. The third kappa shape index (κ3) is 5.14. The summed E-state index contributed by atoms with van der Waals surface area (Å²) >= 11 is -1.61. The van der Waals surface area contributed by atoms with Crippen LogP contribution >= 0.6 is 11.1 Å². The summed E-state index contributed by atoms with van der Waals surface area (Å²) in [6.45, 7) is 6.34. The molecule has 0 aliphatic rings. The number of hydrogen-bond donors (Lipinski definition) is 2. The number of nitrogens with one attached hydrogen (secondary N) is 2. The lowest BCUT2D eigenvalue weighted by atomic mass is 9.83. The Balaban J connectivity index is 2.00. The first-order chi connectivity index (χ1) is 14.1. The zero-order chi connectivity index (χ0) is 21.9. The molecule has 3 rings (SSSR count). The molecule has 0 aliphatic carbocycles. The fraction of sp³-hybridized carbons (Fsp3) is 0.318. The van der Waals surface area contributed by atoms with Crippen LogP contribution in [0, 0.1) is 5.41 Å². The van der Waals surface area contributed by atoms with E-state index in [0.717, 1.165) is 5.56 Å². The van der Waals surface area contributed by atoms with Crippen LogP contribution in [0.25, 0.3) is 0 Å². The van der Waals surface area contributed by atoms with Gasteiger partial charge in [-0.2, -0.15) is 0 Å². The van der Waals surface area contributed by atoms with Crippen LogP contribution in [0.15, 0.2) is 59.6 Å². The van der Waals surface area contributed by atoms with Crippen molar-refractivity contribution in [3.63, 3.8) is 0 Å². The normalized spacial score (nSPS) is 13.8. The monoisotopic (exact) mass is 425 g/mol. The first-order valence-corrected chi connectivity index (χ1v) is 10.7. The van der Waals surface area contributed by atoms with E-state index in [1.807, 2.05) is 36.4 Å². The molecule has 0 saturated heterocycles. The van der Waals surface area contributed by atoms with E-state index < -0.39 is 11.1 Å². The predicted octanol–water partition coefficient (Wildman–Crippen LogP) is 4.27. The molecule has 2 N–H and O–H groups in total. The molecule has 2 atom stereocenters. The number of rotatable bonds is 5. The number of aromatic nitrogens is 2. The molecular formula is C22H27N5O2S. The molecule has 0 fully saturated rings. The molecule has 0 saturated carbocycles. The van der Waals surface area contributed by atoms with Crippen molar-refractivity contribution in [1.29, 1.82) is 0 Å². The summed E-state index contributed by atoms with van der Waals surface area (Å²) in [5, 5.41) is 3.16. The number of carbonyl (C=O) groups excluding carboxylic acids is 1. The van der Waals surface area contributed by atoms with Gasteiger partial charge in [0, 0.05) is 29.7 Å². The van der Waals surface area contributed by atoms with E-state index >= 15 is 0 Å². The number of amides is 1. The molecular weight excluding hydrogens is 398 g/mol. The van der Waals surface area contributed by atoms with E-state index in [9.17, 15) is 9.35 Å². The van der Waals surface area contributed by atoms with Gasteiger partial charge in [0.2, 0.25) is 11.3 Å². The third-order valence-electron chi connectivity index (χ3n) is 4.55. The molecule has 1 unspecified atom stereocenters. The average molecular weight is 426 g/mol. The van der Waals surface area contributed by atoms with Gasteiger partial charge in [-0.15, -0.1) is 4.37 Å². The van der Waals surface area contributed by atoms with Gasteiger partial charge in [-0.1, -0.05) is 57.2 Å². The highest BCUT2D eigenvalue weighted by atomic mass is 32.2. The van der Waals surface area contributed by atoms with Crippen LogP contribution in [-0.4, -0.2) is 38.2 Å². The summed E-state index contributed by atoms with van der Waals surface area (Å²) in [4.78, 5) is 18.6. The van der Waals surface area contributed by atoms with E-state index in [0.29, 0.717) is 22.6 Å². The number of hydrogen-bond acceptors (Lipinski definition) is 5. The first-order valence-electron chi connectivity index (χ1n) is 9.64. The minimum absolute atomic E-state index is 0.0977. The fourth-order valence-corrected chi connectivity index (χ4v) is 3.77. The molecule has 1 aromatic heterocycles. The lowest BCUT2D eigenvalue weighted by molar-refractivity contribution is 0.0827. The molecule has 1 amide bonds. The predicted molar refractivity (Wildman–Crippen MR) is 119 cm³/mol. The Morgan fingerprint density at radius 3 is 2.50 bits per heavy atom. The number of H-pyrrole nitrogens is 1. The van der Waals surface area contributed by atoms with Crippen LogP contribution in [0.3, 0.4) is 0 Å². The summed E-state index contributed by atoms with van der Waals surface area (Å²) in [6, 6.07) is 16.9. The van der Waals surface area contributed by atoms with Crippen LogP contribution in [0.4, 0.5) is 11.5 Å². The van der Waals surface area contributed by atoms with E-state index in [1.54, 1.807) is 32.3 Å². The number of aromatic amines is 1. The maximum Gasteiger partial charge on any atom is 0.253 e. The van der Waals surface area contributed by atoms with Crippen LogP contribution in [0.2, 0.25) is 0 Å². The molecule has 0 spiro atoms. The molecule has 7 nitrogen and oxygen atoms in total. The SMILES string of the molecule is CN(C)C(=O)c1cccc(Nc2n[s+]([O-])[nH]c2=N[C@@H](c2ccccc2)C(C)(C)C)c1. The van der Waals surface area contributed by atoms with Crippen molar-refractivity contribution < 1.29 is 9.35 Å². The highest BCUT2D eigenvalue weighted by molar-refractivity contribution is 7.13. The van der Waals surface area contributed by atoms with Gasteiger partial charge in [-0.05, 0) is 29.2 Å². The van der Waals surface area contributed by atoms with E-state index in [1.165, 1.54) is 4.90 Å². The Kier molecular flexibility index (Phi) is 6.38. The standard InChI is InChI=1S/C22H27N5O2S/c1-22(2,3)18(15-10-7-6-8-11-15)24-20-19(25-30(29)26-20)23-17-13-9-12-16(14-17)21(28)27(4)5/h6-14,18H,1-5H3,(H,23,25)(H,24,26)/t18-,30?/m0/s1. The summed E-state index contributed by atoms with van der Waals surface area (Å²) < 4.78 is 19.1. The molecule has 30 heavy (non-hydrogen) atoms. The van der Waals surface area contributed by atoms with Crippen LogP contribution in [0.5, 0.6) is 0 Å². The van der Waals surface area contributed by atoms with Crippen molar-refractivity contribution in [2.24, 2.45) is 10.4 Å². The largest absolute Gasteiger partial charge is 0.548 e. The van der Waals surface area contributed by atoms with Crippen molar-refractivity contribution >= 4 is 28.6 Å². The first kappa shape index (κ1) is 21.7. The third-order valence-corrected chi connectivity index (χ3v) is 5.27. The molecule has 3 aromatic rings. The molecule has 0 radical (unpaired) electrons. The van der Waals surface area contributed by atoms with Crippen molar-refractivity contribution in [3.8, 4) is 0 Å². The second-order valence-corrected chi connectivity index (χ2v) is 9.24. The zero-order valence-electron chi connectivity index (χ0n) is 17.8. The molecule has 8 heteroatoms. The number of nitrogens with zero attached hydrogens (tertiary/aromatic N) is 3. The summed E-state index contributed by atoms with van der Waals surface area (Å²) in [6.07, 6.45) is 0. The van der Waals surface area contributed by atoms with Crippen LogP contribution < -0.4 is 10.8 Å². The number of benzene rings is 2. The Morgan fingerprint density at radius 2 is 1.87 bits per heavy atom. The quantitative estimate of drug-likeness (QED) is 0.597. The molecule has 158 valence electrons. The van der Waals surface area contributed by atoms with Gasteiger partial charge in [0.15, 0.2) is 11.1 Å². The number of carbonyl (C=O) groups is 1. The van der Waals surface area contributed by atoms with Crippen LogP contribution in [0.1, 0.15) is 42.7 Å². The second kappa shape index (κ2) is 8.81. The molecule has 1 heterocycles. The minimum atomic E-state index is -1.61. The Bertz CT molecular complexity index is 1080. The Labute approximate surface area is 179 Å². The van der Waals surface area contributed by atoms with Gasteiger partial charge in [-0.3, -0.25) is 9.79 Å². The van der Waals surface area contributed by atoms with Gasteiger partial charge in [0.05, 0.1) is 6.04 Å². The summed E-state index contributed by atoms with van der Waals surface area (Å²) in [5.41, 5.74) is 2.55. The Morgan fingerprint density at radius 1 is 1.17 bits per heavy atom. The van der Waals surface area contributed by atoms with Gasteiger partial charge >= 0.3 is 0 Å². The van der Waals surface area contributed by atoms with E-state index in [-0.39, 0.29) is 17.4 Å². The van der Waals surface area contributed by atoms with Crippen molar-refractivity contribution in [2.75, 3.05) is 19.4 Å². The smallest absolute Gasteiger partial charge is 0.253 e. The zero-order valence-corrected chi connectivity index (χ0v) is 18.7. The van der Waals surface area contributed by atoms with Gasteiger partial charge < -0.3 is 14.8 Å². The summed E-state index contributed by atoms with van der Waals surface area (Å²) in [7, 11) is 3.41. The lowest BCUT2D eigenvalue weighted by Gasteiger charge is -2.27. The second-order valence-electron chi connectivity index (χ2n) is 8.35. The van der Waals surface area contributed by atoms with Crippen molar-refractivity contribution in [1.82, 2.24) is 13.6 Å². The van der Waals surface area contributed by atoms with E-state index in [4.69, 9.17) is 4.99 Å². The van der Waals surface area contributed by atoms with Crippen molar-refractivity contribution in [2.45, 2.75) is 26.8 Å². The lowest BCUT2D eigenvalue weighted by Crippen LogP contribution is -2.22. The highest BCUT2D eigenvalue weighted by Crippen LogP contribution is 2.35. The maximum atomic E-state index is 12.2. The molecule has 0 aliphatic heterocycles. The number of anilines is 2. The van der Waals surface area contributed by atoms with Crippen molar-refractivity contribution in [3.05, 3.63) is 71.2 Å². The molecule has 0 bridgehead atoms. The van der Waals surface area contributed by atoms with Crippen LogP contribution in [-0.2, 0) is 0 Å². The highest BCUT2D eigenvalue weighted by Gasteiger charge is 2.26. The van der Waals surface area contributed by atoms with Gasteiger partial charge in [0.1, 0.15) is 0 Å².